The van der Waals surface area contributed by atoms with Crippen molar-refractivity contribution < 1.29 is 19.0 Å². The molecule has 0 N–H and O–H groups in total. The average molecular weight is 362 g/mol. The number of hydrogen-bond acceptors (Lipinski definition) is 4. The molecule has 27 heavy (non-hydrogen) atoms. The molecule has 0 unspecified atom stereocenters. The van der Waals surface area contributed by atoms with Gasteiger partial charge >= 0.3 is 0 Å². The Kier molecular flexibility index (Phi) is 6.47. The van der Waals surface area contributed by atoms with Crippen LogP contribution in [-0.4, -0.2) is 19.0 Å². The number of Topliss-reactive ketones (excluding diaryl/α,β-unsaturated/α-hetero) is 1. The minimum atomic E-state index is 0.0197. The maximum Gasteiger partial charge on any atom is 0.159 e. The number of ether oxygens (including phenoxy) is 3. The normalized spacial score (nSPS) is 10.3. The van der Waals surface area contributed by atoms with Crippen molar-refractivity contribution in [3.63, 3.8) is 0 Å². The molecular formula is C23H22O4. The van der Waals surface area contributed by atoms with Crippen molar-refractivity contribution in [1.82, 2.24) is 0 Å². The van der Waals surface area contributed by atoms with Gasteiger partial charge in [-0.1, -0.05) is 42.5 Å². The number of hydrogen-bond donors (Lipinski definition) is 0. The second-order valence-electron chi connectivity index (χ2n) is 6.03. The van der Waals surface area contributed by atoms with Crippen molar-refractivity contribution in [3.8, 4) is 17.2 Å². The van der Waals surface area contributed by atoms with Crippen molar-refractivity contribution in [2.45, 2.75) is 13.5 Å². The molecule has 0 fully saturated rings. The zero-order chi connectivity index (χ0) is 18.9. The summed E-state index contributed by atoms with van der Waals surface area (Å²) < 4.78 is 17.1. The first-order valence-electron chi connectivity index (χ1n) is 8.84. The lowest BCUT2D eigenvalue weighted by Gasteiger charge is -2.10. The molecule has 0 radical (unpaired) electrons. The third-order valence-corrected chi connectivity index (χ3v) is 3.93. The SMILES string of the molecule is CC(=O)c1cccc(OCCOc2ccc(OCc3ccccc3)cc2)c1. The third kappa shape index (κ3) is 5.89. The predicted octanol–water partition coefficient (Wildman–Crippen LogP) is 4.93. The summed E-state index contributed by atoms with van der Waals surface area (Å²) in [6.45, 7) is 2.88. The zero-order valence-corrected chi connectivity index (χ0v) is 15.3. The van der Waals surface area contributed by atoms with E-state index in [1.54, 1.807) is 18.2 Å². The smallest absolute Gasteiger partial charge is 0.159 e. The fourth-order valence-electron chi connectivity index (χ4n) is 2.50. The number of carbonyl (C=O) groups excluding carboxylic acids is 1. The van der Waals surface area contributed by atoms with E-state index in [2.05, 4.69) is 0 Å². The van der Waals surface area contributed by atoms with Gasteiger partial charge in [-0.3, -0.25) is 4.79 Å². The van der Waals surface area contributed by atoms with Gasteiger partial charge in [0, 0.05) is 5.56 Å². The summed E-state index contributed by atoms with van der Waals surface area (Å²) in [5, 5.41) is 0. The molecule has 0 bridgehead atoms. The van der Waals surface area contributed by atoms with E-state index in [0.717, 1.165) is 17.1 Å². The van der Waals surface area contributed by atoms with Crippen LogP contribution in [0.25, 0.3) is 0 Å². The van der Waals surface area contributed by atoms with Crippen LogP contribution in [0.15, 0.2) is 78.9 Å². The van der Waals surface area contributed by atoms with Crippen LogP contribution in [0.3, 0.4) is 0 Å². The van der Waals surface area contributed by atoms with Crippen molar-refractivity contribution in [3.05, 3.63) is 90.0 Å². The molecule has 138 valence electrons. The monoisotopic (exact) mass is 362 g/mol. The van der Waals surface area contributed by atoms with Gasteiger partial charge in [0.2, 0.25) is 0 Å². The van der Waals surface area contributed by atoms with Gasteiger partial charge in [-0.15, -0.1) is 0 Å². The second-order valence-corrected chi connectivity index (χ2v) is 6.03. The first-order chi connectivity index (χ1) is 13.2. The fraction of sp³-hybridized carbons (Fsp3) is 0.174. The van der Waals surface area contributed by atoms with Gasteiger partial charge in [0.1, 0.15) is 37.1 Å². The molecule has 0 saturated carbocycles. The molecule has 4 heteroatoms. The molecule has 0 aliphatic heterocycles. The lowest BCUT2D eigenvalue weighted by molar-refractivity contribution is 0.101. The molecule has 3 aromatic carbocycles. The molecule has 0 aliphatic rings. The molecule has 3 aromatic rings. The van der Waals surface area contributed by atoms with Crippen molar-refractivity contribution in [2.24, 2.45) is 0 Å². The maximum atomic E-state index is 11.4. The molecule has 0 aliphatic carbocycles. The van der Waals surface area contributed by atoms with Crippen LogP contribution >= 0.6 is 0 Å². The van der Waals surface area contributed by atoms with E-state index >= 15 is 0 Å². The maximum absolute atomic E-state index is 11.4. The zero-order valence-electron chi connectivity index (χ0n) is 15.3. The Morgan fingerprint density at radius 2 is 1.33 bits per heavy atom. The lowest BCUT2D eigenvalue weighted by atomic mass is 10.1. The Morgan fingerprint density at radius 3 is 2.00 bits per heavy atom. The molecule has 0 heterocycles. The summed E-state index contributed by atoms with van der Waals surface area (Å²) in [4.78, 5) is 11.4. The number of benzene rings is 3. The predicted molar refractivity (Wildman–Crippen MR) is 105 cm³/mol. The molecular weight excluding hydrogens is 340 g/mol. The summed E-state index contributed by atoms with van der Waals surface area (Å²) in [5.74, 6) is 2.23. The Balaban J connectivity index is 1.41. The van der Waals surface area contributed by atoms with Crippen LogP contribution in [0.2, 0.25) is 0 Å². The first kappa shape index (κ1) is 18.5. The van der Waals surface area contributed by atoms with Gasteiger partial charge in [0.25, 0.3) is 0 Å². The van der Waals surface area contributed by atoms with E-state index in [1.807, 2.05) is 60.7 Å². The van der Waals surface area contributed by atoms with Crippen molar-refractivity contribution in [2.75, 3.05) is 13.2 Å². The van der Waals surface area contributed by atoms with E-state index in [9.17, 15) is 4.79 Å². The third-order valence-electron chi connectivity index (χ3n) is 3.93. The van der Waals surface area contributed by atoms with Crippen molar-refractivity contribution in [1.29, 1.82) is 0 Å². The van der Waals surface area contributed by atoms with E-state index < -0.39 is 0 Å². The highest BCUT2D eigenvalue weighted by atomic mass is 16.5. The lowest BCUT2D eigenvalue weighted by Crippen LogP contribution is -2.09. The summed E-state index contributed by atoms with van der Waals surface area (Å²) in [6, 6.07) is 24.7. The molecule has 4 nitrogen and oxygen atoms in total. The number of carbonyl (C=O) groups is 1. The van der Waals surface area contributed by atoms with Gasteiger partial charge in [0.05, 0.1) is 0 Å². The standard InChI is InChI=1S/C23H22O4/c1-18(24)20-8-5-9-23(16-20)26-15-14-25-21-10-12-22(13-11-21)27-17-19-6-3-2-4-7-19/h2-13,16H,14-15,17H2,1H3. The fourth-order valence-corrected chi connectivity index (χ4v) is 2.50. The van der Waals surface area contributed by atoms with Crippen LogP contribution in [0.1, 0.15) is 22.8 Å². The number of rotatable bonds is 9. The van der Waals surface area contributed by atoms with Crippen LogP contribution in [0, 0.1) is 0 Å². The molecule has 0 atom stereocenters. The minimum Gasteiger partial charge on any atom is -0.490 e. The quantitative estimate of drug-likeness (QED) is 0.400. The Hall–Kier alpha value is -3.27. The Labute approximate surface area is 159 Å². The van der Waals surface area contributed by atoms with Crippen LogP contribution in [-0.2, 0) is 6.61 Å². The summed E-state index contributed by atoms with van der Waals surface area (Å²) in [7, 11) is 0. The number of ketones is 1. The van der Waals surface area contributed by atoms with Crippen molar-refractivity contribution >= 4 is 5.78 Å². The van der Waals surface area contributed by atoms with E-state index in [-0.39, 0.29) is 5.78 Å². The molecule has 3 rings (SSSR count). The Morgan fingerprint density at radius 1 is 0.704 bits per heavy atom. The Bertz CT molecular complexity index is 857. The topological polar surface area (TPSA) is 44.8 Å². The van der Waals surface area contributed by atoms with Gasteiger partial charge in [-0.05, 0) is 48.9 Å². The van der Waals surface area contributed by atoms with Crippen LogP contribution < -0.4 is 14.2 Å². The summed E-state index contributed by atoms with van der Waals surface area (Å²) in [5.41, 5.74) is 1.77. The molecule has 0 amide bonds. The molecule has 0 saturated heterocycles. The van der Waals surface area contributed by atoms with Gasteiger partial charge in [0.15, 0.2) is 5.78 Å². The van der Waals surface area contributed by atoms with E-state index in [4.69, 9.17) is 14.2 Å². The van der Waals surface area contributed by atoms with Gasteiger partial charge < -0.3 is 14.2 Å². The molecule has 0 aromatic heterocycles. The molecule has 0 spiro atoms. The largest absolute Gasteiger partial charge is 0.490 e. The van der Waals surface area contributed by atoms with E-state index in [0.29, 0.717) is 31.1 Å². The highest BCUT2D eigenvalue weighted by Gasteiger charge is 2.02. The average Bonchev–Trinajstić information content (AvgIpc) is 2.71. The van der Waals surface area contributed by atoms with E-state index in [1.165, 1.54) is 6.92 Å². The first-order valence-corrected chi connectivity index (χ1v) is 8.84. The highest BCUT2D eigenvalue weighted by Crippen LogP contribution is 2.19. The summed E-state index contributed by atoms with van der Waals surface area (Å²) in [6.07, 6.45) is 0. The van der Waals surface area contributed by atoms with Gasteiger partial charge in [-0.2, -0.15) is 0 Å². The minimum absolute atomic E-state index is 0.0197. The van der Waals surface area contributed by atoms with Crippen LogP contribution in [0.5, 0.6) is 17.2 Å². The summed E-state index contributed by atoms with van der Waals surface area (Å²) >= 11 is 0. The van der Waals surface area contributed by atoms with Crippen LogP contribution in [0.4, 0.5) is 0 Å². The van der Waals surface area contributed by atoms with Gasteiger partial charge in [-0.25, -0.2) is 0 Å². The highest BCUT2D eigenvalue weighted by molar-refractivity contribution is 5.94. The second kappa shape index (κ2) is 9.43.